The largest absolute Gasteiger partial charge is 0.361 e. The average molecular weight is 271 g/mol. The van der Waals surface area contributed by atoms with E-state index in [2.05, 4.69) is 22.5 Å². The van der Waals surface area contributed by atoms with Crippen molar-refractivity contribution in [2.24, 2.45) is 5.92 Å². The van der Waals surface area contributed by atoms with Crippen LogP contribution in [0, 0.1) is 5.92 Å². The van der Waals surface area contributed by atoms with Crippen molar-refractivity contribution < 1.29 is 4.79 Å². The van der Waals surface area contributed by atoms with Crippen LogP contribution < -0.4 is 10.6 Å². The van der Waals surface area contributed by atoms with Gasteiger partial charge in [0.1, 0.15) is 0 Å². The zero-order valence-electron chi connectivity index (χ0n) is 11.8. The maximum atomic E-state index is 12.3. The third-order valence-corrected chi connectivity index (χ3v) is 4.23. The molecule has 3 N–H and O–H groups in total. The van der Waals surface area contributed by atoms with Crippen LogP contribution in [0.25, 0.3) is 10.9 Å². The zero-order valence-corrected chi connectivity index (χ0v) is 11.8. The van der Waals surface area contributed by atoms with Crippen LogP contribution in [-0.2, 0) is 4.79 Å². The van der Waals surface area contributed by atoms with Crippen molar-refractivity contribution in [1.82, 2.24) is 10.3 Å². The monoisotopic (exact) mass is 271 g/mol. The Labute approximate surface area is 118 Å². The van der Waals surface area contributed by atoms with E-state index in [1.54, 1.807) is 0 Å². The molecule has 2 unspecified atom stereocenters. The highest BCUT2D eigenvalue weighted by molar-refractivity contribution is 5.96. The Morgan fingerprint density at radius 2 is 2.30 bits per heavy atom. The standard InChI is InChI=1S/C16H21N3O/c1-2-11-5-7-18-15(9-11)16(20)19-13-3-4-14-12(10-13)6-8-17-14/h3-4,6,8,10-11,15,17-18H,2,5,7,9H2,1H3,(H,19,20). The molecule has 1 aromatic carbocycles. The SMILES string of the molecule is CCC1CCNC(C(=O)Nc2ccc3[nH]ccc3c2)C1. The molecule has 1 fully saturated rings. The lowest BCUT2D eigenvalue weighted by Crippen LogP contribution is -2.46. The van der Waals surface area contributed by atoms with Crippen molar-refractivity contribution in [3.05, 3.63) is 30.5 Å². The van der Waals surface area contributed by atoms with Gasteiger partial charge in [-0.25, -0.2) is 0 Å². The van der Waals surface area contributed by atoms with Crippen LogP contribution in [-0.4, -0.2) is 23.5 Å². The predicted molar refractivity (Wildman–Crippen MR) is 81.7 cm³/mol. The molecule has 20 heavy (non-hydrogen) atoms. The first kappa shape index (κ1) is 13.2. The predicted octanol–water partition coefficient (Wildman–Crippen LogP) is 2.88. The molecule has 0 saturated carbocycles. The van der Waals surface area contributed by atoms with Crippen molar-refractivity contribution in [2.75, 3.05) is 11.9 Å². The Kier molecular flexibility index (Phi) is 3.74. The maximum Gasteiger partial charge on any atom is 0.241 e. The number of rotatable bonds is 3. The molecule has 1 aromatic heterocycles. The summed E-state index contributed by atoms with van der Waals surface area (Å²) in [5.74, 6) is 0.747. The highest BCUT2D eigenvalue weighted by atomic mass is 16.2. The summed E-state index contributed by atoms with van der Waals surface area (Å²) in [5, 5.41) is 7.46. The van der Waals surface area contributed by atoms with Crippen LogP contribution in [0.15, 0.2) is 30.5 Å². The second-order valence-electron chi connectivity index (χ2n) is 5.57. The Morgan fingerprint density at radius 1 is 1.40 bits per heavy atom. The number of benzene rings is 1. The zero-order chi connectivity index (χ0) is 13.9. The van der Waals surface area contributed by atoms with Gasteiger partial charge in [-0.15, -0.1) is 0 Å². The summed E-state index contributed by atoms with van der Waals surface area (Å²) >= 11 is 0. The fourth-order valence-corrected chi connectivity index (χ4v) is 2.93. The molecule has 2 heterocycles. The van der Waals surface area contributed by atoms with Crippen LogP contribution in [0.3, 0.4) is 0 Å². The van der Waals surface area contributed by atoms with Crippen molar-refractivity contribution in [1.29, 1.82) is 0 Å². The van der Waals surface area contributed by atoms with E-state index < -0.39 is 0 Å². The van der Waals surface area contributed by atoms with Gasteiger partial charge >= 0.3 is 0 Å². The summed E-state index contributed by atoms with van der Waals surface area (Å²) in [6.07, 6.45) is 5.18. The minimum absolute atomic E-state index is 0.0596. The minimum Gasteiger partial charge on any atom is -0.361 e. The molecule has 2 atom stereocenters. The molecule has 3 rings (SSSR count). The number of carbonyl (C=O) groups is 1. The van der Waals surface area contributed by atoms with Crippen LogP contribution in [0.1, 0.15) is 26.2 Å². The highest BCUT2D eigenvalue weighted by Gasteiger charge is 2.25. The van der Waals surface area contributed by atoms with E-state index in [4.69, 9.17) is 0 Å². The summed E-state index contributed by atoms with van der Waals surface area (Å²) in [6.45, 7) is 3.14. The topological polar surface area (TPSA) is 56.9 Å². The van der Waals surface area contributed by atoms with E-state index in [0.717, 1.165) is 36.0 Å². The van der Waals surface area contributed by atoms with Gasteiger partial charge in [-0.2, -0.15) is 0 Å². The lowest BCUT2D eigenvalue weighted by Gasteiger charge is -2.28. The number of amides is 1. The highest BCUT2D eigenvalue weighted by Crippen LogP contribution is 2.21. The van der Waals surface area contributed by atoms with E-state index in [1.165, 1.54) is 6.42 Å². The quantitative estimate of drug-likeness (QED) is 0.804. The van der Waals surface area contributed by atoms with Crippen LogP contribution in [0.4, 0.5) is 5.69 Å². The number of hydrogen-bond acceptors (Lipinski definition) is 2. The maximum absolute atomic E-state index is 12.3. The number of nitrogens with one attached hydrogen (secondary N) is 3. The van der Waals surface area contributed by atoms with Crippen LogP contribution >= 0.6 is 0 Å². The second-order valence-corrected chi connectivity index (χ2v) is 5.57. The molecule has 0 bridgehead atoms. The number of H-pyrrole nitrogens is 1. The van der Waals surface area contributed by atoms with Gasteiger partial charge in [-0.3, -0.25) is 4.79 Å². The fourth-order valence-electron chi connectivity index (χ4n) is 2.93. The average Bonchev–Trinajstić information content (AvgIpc) is 2.95. The summed E-state index contributed by atoms with van der Waals surface area (Å²) in [7, 11) is 0. The lowest BCUT2D eigenvalue weighted by molar-refractivity contribution is -0.119. The first-order valence-electron chi connectivity index (χ1n) is 7.37. The molecule has 106 valence electrons. The van der Waals surface area contributed by atoms with Crippen molar-refractivity contribution in [3.8, 4) is 0 Å². The van der Waals surface area contributed by atoms with Crippen molar-refractivity contribution >= 4 is 22.5 Å². The van der Waals surface area contributed by atoms with E-state index >= 15 is 0 Å². The first-order chi connectivity index (χ1) is 9.76. The van der Waals surface area contributed by atoms with E-state index in [1.807, 2.05) is 30.5 Å². The smallest absolute Gasteiger partial charge is 0.241 e. The summed E-state index contributed by atoms with van der Waals surface area (Å²) < 4.78 is 0. The minimum atomic E-state index is -0.0596. The van der Waals surface area contributed by atoms with Gasteiger partial charge in [-0.05, 0) is 49.6 Å². The molecule has 1 aliphatic rings. The van der Waals surface area contributed by atoms with Gasteiger partial charge in [0.05, 0.1) is 6.04 Å². The van der Waals surface area contributed by atoms with Gasteiger partial charge in [0.15, 0.2) is 0 Å². The number of hydrogen-bond donors (Lipinski definition) is 3. The summed E-state index contributed by atoms with van der Waals surface area (Å²) in [5.41, 5.74) is 1.95. The molecule has 0 radical (unpaired) electrons. The molecular formula is C16H21N3O. The number of carbonyl (C=O) groups excluding carboxylic acids is 1. The Bertz CT molecular complexity index is 605. The molecule has 2 aromatic rings. The first-order valence-corrected chi connectivity index (χ1v) is 7.37. The van der Waals surface area contributed by atoms with Crippen LogP contribution in [0.5, 0.6) is 0 Å². The summed E-state index contributed by atoms with van der Waals surface area (Å²) in [4.78, 5) is 15.5. The van der Waals surface area contributed by atoms with E-state index in [9.17, 15) is 4.79 Å². The van der Waals surface area contributed by atoms with Crippen molar-refractivity contribution in [2.45, 2.75) is 32.2 Å². The number of aromatic amines is 1. The number of fused-ring (bicyclic) bond motifs is 1. The number of aromatic nitrogens is 1. The Hall–Kier alpha value is -1.81. The second kappa shape index (κ2) is 5.67. The van der Waals surface area contributed by atoms with E-state index in [-0.39, 0.29) is 11.9 Å². The lowest BCUT2D eigenvalue weighted by atomic mass is 9.90. The van der Waals surface area contributed by atoms with Gasteiger partial charge in [-0.1, -0.05) is 13.3 Å². The molecule has 1 aliphatic heterocycles. The molecular weight excluding hydrogens is 250 g/mol. The van der Waals surface area contributed by atoms with E-state index in [0.29, 0.717) is 5.92 Å². The fraction of sp³-hybridized carbons (Fsp3) is 0.438. The third kappa shape index (κ3) is 2.70. The Morgan fingerprint density at radius 3 is 3.15 bits per heavy atom. The van der Waals surface area contributed by atoms with Crippen molar-refractivity contribution in [3.63, 3.8) is 0 Å². The number of piperidine rings is 1. The Balaban J connectivity index is 1.68. The molecule has 4 heteroatoms. The van der Waals surface area contributed by atoms with Gasteiger partial charge in [0.25, 0.3) is 0 Å². The van der Waals surface area contributed by atoms with Crippen LogP contribution in [0.2, 0.25) is 0 Å². The molecule has 0 spiro atoms. The van der Waals surface area contributed by atoms with Gasteiger partial charge in [0, 0.05) is 22.8 Å². The third-order valence-electron chi connectivity index (χ3n) is 4.23. The molecule has 1 amide bonds. The molecule has 4 nitrogen and oxygen atoms in total. The molecule has 1 saturated heterocycles. The summed E-state index contributed by atoms with van der Waals surface area (Å²) in [6, 6.07) is 7.89. The number of anilines is 1. The van der Waals surface area contributed by atoms with Gasteiger partial charge in [0.2, 0.25) is 5.91 Å². The normalized spacial score (nSPS) is 22.9. The van der Waals surface area contributed by atoms with Gasteiger partial charge < -0.3 is 15.6 Å². The molecule has 0 aliphatic carbocycles.